The molecule has 2 aromatic heterocycles. The fourth-order valence-electron chi connectivity index (χ4n) is 3.60. The van der Waals surface area contributed by atoms with Crippen molar-refractivity contribution in [2.45, 2.75) is 52.1 Å². The standard InChI is InChI=1S/C20H30N4OS/c1-14(2)13-24-18-8-7-15(21-10-9-16-6-5-11-26-16)12-17(18)19(22-24)20(25)23(3)4/h5-6,11,14-15,21H,7-10,12-13H2,1-4H3/t15-/m1/s1. The Labute approximate surface area is 160 Å². The number of nitrogens with one attached hydrogen (secondary N) is 1. The number of rotatable bonds is 7. The molecule has 0 saturated heterocycles. The van der Waals surface area contributed by atoms with E-state index in [1.54, 1.807) is 19.0 Å². The number of thiophene rings is 1. The normalized spacial score (nSPS) is 16.7. The van der Waals surface area contributed by atoms with Crippen molar-refractivity contribution in [3.8, 4) is 0 Å². The van der Waals surface area contributed by atoms with Crippen LogP contribution in [0.4, 0.5) is 0 Å². The van der Waals surface area contributed by atoms with Crippen molar-refractivity contribution in [3.05, 3.63) is 39.3 Å². The summed E-state index contributed by atoms with van der Waals surface area (Å²) in [7, 11) is 3.60. The fraction of sp³-hybridized carbons (Fsp3) is 0.600. The summed E-state index contributed by atoms with van der Waals surface area (Å²) in [5, 5.41) is 10.5. The van der Waals surface area contributed by atoms with E-state index >= 15 is 0 Å². The Morgan fingerprint density at radius 1 is 1.46 bits per heavy atom. The molecule has 2 aromatic rings. The molecule has 0 fully saturated rings. The number of amides is 1. The fourth-order valence-corrected chi connectivity index (χ4v) is 4.31. The van der Waals surface area contributed by atoms with E-state index in [0.29, 0.717) is 17.7 Å². The first kappa shape index (κ1) is 19.1. The highest BCUT2D eigenvalue weighted by molar-refractivity contribution is 7.09. The maximum absolute atomic E-state index is 12.6. The number of nitrogens with zero attached hydrogens (tertiary/aromatic N) is 3. The highest BCUT2D eigenvalue weighted by Crippen LogP contribution is 2.26. The number of hydrogen-bond acceptors (Lipinski definition) is 4. The van der Waals surface area contributed by atoms with Crippen molar-refractivity contribution < 1.29 is 4.79 Å². The van der Waals surface area contributed by atoms with Gasteiger partial charge in [0.25, 0.3) is 5.91 Å². The van der Waals surface area contributed by atoms with Crippen molar-refractivity contribution in [2.24, 2.45) is 5.92 Å². The lowest BCUT2D eigenvalue weighted by Crippen LogP contribution is -2.36. The van der Waals surface area contributed by atoms with Crippen LogP contribution in [0.15, 0.2) is 17.5 Å². The molecule has 0 bridgehead atoms. The topological polar surface area (TPSA) is 50.2 Å². The van der Waals surface area contributed by atoms with Gasteiger partial charge in [-0.1, -0.05) is 19.9 Å². The van der Waals surface area contributed by atoms with Crippen molar-refractivity contribution in [3.63, 3.8) is 0 Å². The molecule has 1 amide bonds. The van der Waals surface area contributed by atoms with E-state index in [-0.39, 0.29) is 5.91 Å². The molecule has 1 aliphatic rings. The summed E-state index contributed by atoms with van der Waals surface area (Å²) in [4.78, 5) is 15.7. The molecule has 5 nitrogen and oxygen atoms in total. The Hall–Kier alpha value is -1.66. The second-order valence-electron chi connectivity index (χ2n) is 7.77. The minimum Gasteiger partial charge on any atom is -0.343 e. The number of hydrogen-bond donors (Lipinski definition) is 1. The summed E-state index contributed by atoms with van der Waals surface area (Å²) in [6, 6.07) is 4.72. The summed E-state index contributed by atoms with van der Waals surface area (Å²) in [5.41, 5.74) is 3.07. The Morgan fingerprint density at radius 2 is 2.27 bits per heavy atom. The van der Waals surface area contributed by atoms with Crippen LogP contribution in [0.5, 0.6) is 0 Å². The number of carbonyl (C=O) groups excluding carboxylic acids is 1. The lowest BCUT2D eigenvalue weighted by Gasteiger charge is -2.25. The van der Waals surface area contributed by atoms with Crippen LogP contribution in [0.25, 0.3) is 0 Å². The predicted molar refractivity (Wildman–Crippen MR) is 107 cm³/mol. The van der Waals surface area contributed by atoms with Gasteiger partial charge in [0.15, 0.2) is 5.69 Å². The van der Waals surface area contributed by atoms with Gasteiger partial charge in [0, 0.05) is 49.4 Å². The summed E-state index contributed by atoms with van der Waals surface area (Å²) in [5.74, 6) is 0.533. The Morgan fingerprint density at radius 3 is 2.92 bits per heavy atom. The van der Waals surface area contributed by atoms with Crippen molar-refractivity contribution in [2.75, 3.05) is 20.6 Å². The SMILES string of the molecule is CC(C)Cn1nc(C(=O)N(C)C)c2c1CC[C@@H](NCCc1cccs1)C2. The quantitative estimate of drug-likeness (QED) is 0.811. The number of aromatic nitrogens is 2. The molecule has 0 aromatic carbocycles. The van der Waals surface area contributed by atoms with Crippen LogP contribution in [0.3, 0.4) is 0 Å². The summed E-state index contributed by atoms with van der Waals surface area (Å²) in [6.45, 7) is 6.25. The summed E-state index contributed by atoms with van der Waals surface area (Å²) in [6.07, 6.45) is 4.06. The van der Waals surface area contributed by atoms with E-state index in [4.69, 9.17) is 5.10 Å². The van der Waals surface area contributed by atoms with Crippen LogP contribution < -0.4 is 5.32 Å². The molecule has 0 radical (unpaired) electrons. The van der Waals surface area contributed by atoms with Crippen molar-refractivity contribution >= 4 is 17.2 Å². The van der Waals surface area contributed by atoms with Crippen molar-refractivity contribution in [1.29, 1.82) is 0 Å². The summed E-state index contributed by atoms with van der Waals surface area (Å²) < 4.78 is 2.08. The van der Waals surface area contributed by atoms with Gasteiger partial charge in [0.1, 0.15) is 0 Å². The van der Waals surface area contributed by atoms with Gasteiger partial charge < -0.3 is 10.2 Å². The molecule has 1 atom stereocenters. The molecule has 1 aliphatic carbocycles. The molecule has 0 unspecified atom stereocenters. The second kappa shape index (κ2) is 8.35. The van der Waals surface area contributed by atoms with Crippen LogP contribution in [0.2, 0.25) is 0 Å². The number of carbonyl (C=O) groups is 1. The van der Waals surface area contributed by atoms with Crippen LogP contribution >= 0.6 is 11.3 Å². The first-order chi connectivity index (χ1) is 12.5. The first-order valence-electron chi connectivity index (χ1n) is 9.51. The van der Waals surface area contributed by atoms with Crippen molar-refractivity contribution in [1.82, 2.24) is 20.0 Å². The zero-order valence-electron chi connectivity index (χ0n) is 16.3. The van der Waals surface area contributed by atoms with E-state index in [2.05, 4.69) is 41.4 Å². The average Bonchev–Trinajstić information content (AvgIpc) is 3.22. The van der Waals surface area contributed by atoms with E-state index in [1.165, 1.54) is 10.6 Å². The number of fused-ring (bicyclic) bond motifs is 1. The Kier molecular flexibility index (Phi) is 6.14. The van der Waals surface area contributed by atoms with E-state index in [9.17, 15) is 4.79 Å². The van der Waals surface area contributed by atoms with E-state index < -0.39 is 0 Å². The monoisotopic (exact) mass is 374 g/mol. The molecule has 142 valence electrons. The molecule has 0 saturated carbocycles. The zero-order valence-corrected chi connectivity index (χ0v) is 17.1. The van der Waals surface area contributed by atoms with Gasteiger partial charge in [-0.3, -0.25) is 9.48 Å². The first-order valence-corrected chi connectivity index (χ1v) is 10.4. The van der Waals surface area contributed by atoms with Gasteiger partial charge in [0.2, 0.25) is 0 Å². The minimum atomic E-state index is 0.0167. The van der Waals surface area contributed by atoms with E-state index in [1.807, 2.05) is 11.3 Å². The van der Waals surface area contributed by atoms with Crippen LogP contribution in [0.1, 0.15) is 46.9 Å². The third kappa shape index (κ3) is 4.35. The molecular weight excluding hydrogens is 344 g/mol. The largest absolute Gasteiger partial charge is 0.343 e. The smallest absolute Gasteiger partial charge is 0.274 e. The van der Waals surface area contributed by atoms with Crippen LogP contribution in [0, 0.1) is 5.92 Å². The van der Waals surface area contributed by atoms with Gasteiger partial charge in [-0.05, 0) is 43.0 Å². The molecular formula is C20H30N4OS. The third-order valence-electron chi connectivity index (χ3n) is 4.88. The predicted octanol–water partition coefficient (Wildman–Crippen LogP) is 2.99. The molecule has 6 heteroatoms. The molecule has 2 heterocycles. The maximum Gasteiger partial charge on any atom is 0.274 e. The maximum atomic E-state index is 12.6. The highest BCUT2D eigenvalue weighted by Gasteiger charge is 2.29. The second-order valence-corrected chi connectivity index (χ2v) is 8.80. The third-order valence-corrected chi connectivity index (χ3v) is 5.81. The van der Waals surface area contributed by atoms with Gasteiger partial charge in [-0.15, -0.1) is 11.3 Å². The van der Waals surface area contributed by atoms with Gasteiger partial charge >= 0.3 is 0 Å². The zero-order chi connectivity index (χ0) is 18.7. The lowest BCUT2D eigenvalue weighted by atomic mass is 9.91. The van der Waals surface area contributed by atoms with Crippen LogP contribution in [-0.2, 0) is 25.8 Å². The van der Waals surface area contributed by atoms with Gasteiger partial charge in [0.05, 0.1) is 0 Å². The molecule has 0 aliphatic heterocycles. The van der Waals surface area contributed by atoms with Gasteiger partial charge in [-0.2, -0.15) is 5.10 Å². The molecule has 3 rings (SSSR count). The molecule has 1 N–H and O–H groups in total. The Balaban J connectivity index is 1.72. The average molecular weight is 375 g/mol. The molecule has 26 heavy (non-hydrogen) atoms. The van der Waals surface area contributed by atoms with E-state index in [0.717, 1.165) is 44.3 Å². The minimum absolute atomic E-state index is 0.0167. The highest BCUT2D eigenvalue weighted by atomic mass is 32.1. The Bertz CT molecular complexity index is 733. The van der Waals surface area contributed by atoms with Crippen LogP contribution in [-0.4, -0.2) is 47.3 Å². The lowest BCUT2D eigenvalue weighted by molar-refractivity contribution is 0.0819. The van der Waals surface area contributed by atoms with Gasteiger partial charge in [-0.25, -0.2) is 0 Å². The summed E-state index contributed by atoms with van der Waals surface area (Å²) >= 11 is 1.81. The molecule has 0 spiro atoms.